The summed E-state index contributed by atoms with van der Waals surface area (Å²) in [6.45, 7) is 5.28. The topological polar surface area (TPSA) is 179 Å². The number of halogens is 2. The monoisotopic (exact) mass is 842 g/mol. The molecule has 14 nitrogen and oxygen atoms in total. The van der Waals surface area contributed by atoms with E-state index in [-0.39, 0.29) is 53.0 Å². The molecule has 17 heteroatoms. The number of amides is 3. The minimum absolute atomic E-state index is 0.0219. The molecule has 7 rings (SSSR count). The largest absolute Gasteiger partial charge is 0.488 e. The molecule has 3 amide bonds. The number of fused-ring (bicyclic) bond motifs is 3. The van der Waals surface area contributed by atoms with Gasteiger partial charge in [0.25, 0.3) is 5.91 Å². The average Bonchev–Trinajstić information content (AvgIpc) is 3.95. The van der Waals surface area contributed by atoms with Gasteiger partial charge in [0.05, 0.1) is 44.4 Å². The molecule has 1 saturated heterocycles. The third-order valence-corrected chi connectivity index (χ3v) is 14.5. The average molecular weight is 844 g/mol. The van der Waals surface area contributed by atoms with Gasteiger partial charge in [-0.2, -0.15) is 5.10 Å². The lowest BCUT2D eigenvalue weighted by atomic mass is 9.91. The number of nitrogens with zero attached hydrogens (tertiary/aromatic N) is 4. The van der Waals surface area contributed by atoms with Gasteiger partial charge in [-0.3, -0.25) is 28.6 Å². The second-order valence-electron chi connectivity index (χ2n) is 16.3. The van der Waals surface area contributed by atoms with E-state index in [1.807, 2.05) is 26.0 Å². The van der Waals surface area contributed by atoms with Crippen LogP contribution in [0, 0.1) is 11.3 Å². The number of carbonyl (C=O) groups excluding carboxylic acids is 4. The Labute approximate surface area is 342 Å². The van der Waals surface area contributed by atoms with Gasteiger partial charge in [0.1, 0.15) is 23.6 Å². The van der Waals surface area contributed by atoms with E-state index in [0.29, 0.717) is 55.2 Å². The van der Waals surface area contributed by atoms with Crippen LogP contribution in [0.15, 0.2) is 42.6 Å². The summed E-state index contributed by atoms with van der Waals surface area (Å²) in [6.07, 6.45) is 8.73. The predicted octanol–water partition coefficient (Wildman–Crippen LogP) is 5.69. The van der Waals surface area contributed by atoms with Gasteiger partial charge < -0.3 is 19.7 Å². The molecule has 2 N–H and O–H groups in total. The molecule has 4 heterocycles. The SMILES string of the molecule is CC(C)Oc1cc(O[C@@H]2C[C@H]3C(=O)C[C@]4(C(=O)NS(=O)(=O)C5(C)CC5)C[C@H]4/C=C\CCCCC[C@H](NC(=O)c4ccn(C)n4)C(=O)N3C2)c2ccc(Cl)c(Cl)c2n1. The lowest BCUT2D eigenvalue weighted by Gasteiger charge is -2.29. The highest BCUT2D eigenvalue weighted by atomic mass is 35.5. The van der Waals surface area contributed by atoms with E-state index in [2.05, 4.69) is 20.1 Å². The lowest BCUT2D eigenvalue weighted by molar-refractivity contribution is -0.140. The van der Waals surface area contributed by atoms with Crippen molar-refractivity contribution < 1.29 is 37.1 Å². The quantitative estimate of drug-likeness (QED) is 0.254. The Balaban J connectivity index is 1.23. The molecule has 5 atom stereocenters. The number of pyridine rings is 1. The van der Waals surface area contributed by atoms with Crippen LogP contribution < -0.4 is 19.5 Å². The van der Waals surface area contributed by atoms with Crippen LogP contribution in [-0.4, -0.2) is 87.2 Å². The maximum absolute atomic E-state index is 14.7. The fraction of sp³-hybridized carbons (Fsp3) is 0.550. The Kier molecular flexibility index (Phi) is 11.4. The minimum atomic E-state index is -3.97. The van der Waals surface area contributed by atoms with Gasteiger partial charge in [-0.05, 0) is 83.4 Å². The molecule has 2 aromatic heterocycles. The Morgan fingerprint density at radius 1 is 1.09 bits per heavy atom. The summed E-state index contributed by atoms with van der Waals surface area (Å²) in [4.78, 5) is 62.7. The van der Waals surface area contributed by atoms with Gasteiger partial charge in [0.2, 0.25) is 27.7 Å². The molecule has 0 spiro atoms. The van der Waals surface area contributed by atoms with Crippen LogP contribution in [0.25, 0.3) is 10.9 Å². The van der Waals surface area contributed by atoms with Crippen molar-refractivity contribution in [3.8, 4) is 11.6 Å². The number of allylic oxidation sites excluding steroid dienone is 2. The van der Waals surface area contributed by atoms with Crippen LogP contribution in [0.3, 0.4) is 0 Å². The molecule has 2 aliphatic carbocycles. The van der Waals surface area contributed by atoms with E-state index in [0.717, 1.165) is 12.8 Å². The fourth-order valence-corrected chi connectivity index (χ4v) is 9.51. The molecule has 306 valence electrons. The first-order chi connectivity index (χ1) is 27.0. The molecule has 0 radical (unpaired) electrons. The van der Waals surface area contributed by atoms with Crippen LogP contribution >= 0.6 is 23.2 Å². The van der Waals surface area contributed by atoms with Crippen molar-refractivity contribution in [2.24, 2.45) is 18.4 Å². The molecule has 2 saturated carbocycles. The highest BCUT2D eigenvalue weighted by Gasteiger charge is 2.62. The van der Waals surface area contributed by atoms with Crippen LogP contribution in [0.5, 0.6) is 11.6 Å². The number of hydrogen-bond donors (Lipinski definition) is 2. The van der Waals surface area contributed by atoms with Crippen molar-refractivity contribution in [3.05, 3.63) is 58.4 Å². The maximum atomic E-state index is 14.7. The Morgan fingerprint density at radius 2 is 1.86 bits per heavy atom. The Hall–Kier alpha value is -4.21. The number of Topliss-reactive ketones (excluding diaryl/α,β-unsaturated/α-hetero) is 1. The summed E-state index contributed by atoms with van der Waals surface area (Å²) in [6, 6.07) is 4.49. The smallest absolute Gasteiger partial charge is 0.272 e. The number of benzene rings is 1. The molecule has 4 aliphatic rings. The van der Waals surface area contributed by atoms with Gasteiger partial charge in [-0.15, -0.1) is 0 Å². The molecule has 3 aromatic rings. The number of sulfonamides is 1. The number of hydrogen-bond acceptors (Lipinski definition) is 10. The summed E-state index contributed by atoms with van der Waals surface area (Å²) < 4.78 is 41.8. The molecular weight excluding hydrogens is 795 g/mol. The Morgan fingerprint density at radius 3 is 2.56 bits per heavy atom. The van der Waals surface area contributed by atoms with Gasteiger partial charge in [-0.1, -0.05) is 48.2 Å². The highest BCUT2D eigenvalue weighted by molar-refractivity contribution is 7.91. The van der Waals surface area contributed by atoms with Crippen molar-refractivity contribution in [2.75, 3.05) is 6.54 Å². The second-order valence-corrected chi connectivity index (χ2v) is 19.3. The van der Waals surface area contributed by atoms with E-state index < -0.39 is 61.9 Å². The molecular formula is C40H48Cl2N6O8S. The summed E-state index contributed by atoms with van der Waals surface area (Å²) in [5.74, 6) is -1.86. The molecule has 57 heavy (non-hydrogen) atoms. The number of aromatic nitrogens is 3. The molecule has 0 unspecified atom stereocenters. The van der Waals surface area contributed by atoms with Crippen molar-refractivity contribution in [1.82, 2.24) is 29.7 Å². The third kappa shape index (κ3) is 8.52. The number of ether oxygens (including phenoxy) is 2. The van der Waals surface area contributed by atoms with Gasteiger partial charge in [0.15, 0.2) is 5.78 Å². The van der Waals surface area contributed by atoms with E-state index in [9.17, 15) is 27.6 Å². The molecule has 1 aromatic carbocycles. The first-order valence-corrected chi connectivity index (χ1v) is 21.7. The minimum Gasteiger partial charge on any atom is -0.488 e. The number of ketones is 1. The number of carbonyl (C=O) groups is 4. The zero-order valence-corrected chi connectivity index (χ0v) is 34.8. The molecule has 0 bridgehead atoms. The maximum Gasteiger partial charge on any atom is 0.272 e. The van der Waals surface area contributed by atoms with Gasteiger partial charge in [0, 0.05) is 37.5 Å². The summed E-state index contributed by atoms with van der Waals surface area (Å²) in [5.41, 5.74) is -0.801. The zero-order valence-electron chi connectivity index (χ0n) is 32.4. The zero-order chi connectivity index (χ0) is 40.9. The molecule has 2 aliphatic heterocycles. The van der Waals surface area contributed by atoms with E-state index >= 15 is 0 Å². The second kappa shape index (κ2) is 15.9. The number of aryl methyl sites for hydroxylation is 1. The first-order valence-electron chi connectivity index (χ1n) is 19.5. The van der Waals surface area contributed by atoms with Crippen molar-refractivity contribution in [2.45, 2.75) is 114 Å². The molecule has 3 fully saturated rings. The van der Waals surface area contributed by atoms with Crippen LogP contribution in [-0.2, 0) is 31.5 Å². The van der Waals surface area contributed by atoms with Crippen LogP contribution in [0.2, 0.25) is 10.0 Å². The summed E-state index contributed by atoms with van der Waals surface area (Å²) in [5, 5.41) is 8.11. The lowest BCUT2D eigenvalue weighted by Crippen LogP contribution is -2.52. The van der Waals surface area contributed by atoms with Crippen LogP contribution in [0.4, 0.5) is 0 Å². The van der Waals surface area contributed by atoms with Gasteiger partial charge >= 0.3 is 0 Å². The predicted molar refractivity (Wildman–Crippen MR) is 214 cm³/mol. The fourth-order valence-electron chi connectivity index (χ4n) is 7.82. The standard InChI is InChI=1S/C40H48Cl2N6O8S/c1-23(2)55-33-19-32(26-12-13-27(41)34(42)35(26)44-33)56-25-18-30-31(49)21-40(38(52)46-57(53,54)39(3)15-16-39)20-24(40)10-8-6-5-7-9-11-29(37(51)48(30)22-25)43-36(50)28-14-17-47(4)45-28/h8,10,12-14,17,19,23-25,29-30H,5-7,9,11,15-16,18,20-22H2,1-4H3,(H,43,50)(H,46,52)/b10-8-/t24-,25-,29+,30+,40-/m1/s1. The van der Waals surface area contributed by atoms with Gasteiger partial charge in [-0.25, -0.2) is 13.4 Å². The number of nitrogens with one attached hydrogen (secondary N) is 2. The van der Waals surface area contributed by atoms with Crippen molar-refractivity contribution in [3.63, 3.8) is 0 Å². The van der Waals surface area contributed by atoms with Crippen molar-refractivity contribution in [1.29, 1.82) is 0 Å². The summed E-state index contributed by atoms with van der Waals surface area (Å²) in [7, 11) is -2.29. The summed E-state index contributed by atoms with van der Waals surface area (Å²) >= 11 is 13.0. The van der Waals surface area contributed by atoms with E-state index in [1.54, 1.807) is 44.4 Å². The highest BCUT2D eigenvalue weighted by Crippen LogP contribution is 2.57. The first kappa shape index (κ1) is 41.0. The van der Waals surface area contributed by atoms with Crippen LogP contribution in [0.1, 0.15) is 95.5 Å². The Bertz CT molecular complexity index is 2240. The normalized spacial score (nSPS) is 26.8. The number of rotatable bonds is 9. The van der Waals surface area contributed by atoms with E-state index in [4.69, 9.17) is 32.7 Å². The van der Waals surface area contributed by atoms with E-state index in [1.165, 1.54) is 9.58 Å². The van der Waals surface area contributed by atoms with Crippen molar-refractivity contribution >= 4 is 67.6 Å². The third-order valence-electron chi connectivity index (χ3n) is 11.6.